The van der Waals surface area contributed by atoms with Crippen LogP contribution in [0.25, 0.3) is 0 Å². The van der Waals surface area contributed by atoms with Gasteiger partial charge in [-0.1, -0.05) is 6.07 Å². The van der Waals surface area contributed by atoms with E-state index in [4.69, 9.17) is 0 Å². The first-order chi connectivity index (χ1) is 8.84. The Morgan fingerprint density at radius 3 is 2.63 bits per heavy atom. The van der Waals surface area contributed by atoms with E-state index in [1.165, 1.54) is 17.0 Å². The van der Waals surface area contributed by atoms with Crippen LogP contribution in [-0.2, 0) is 11.0 Å². The molecular weight excluding hydrogens is 343 g/mol. The van der Waals surface area contributed by atoms with Gasteiger partial charge in [-0.05, 0) is 39.7 Å². The van der Waals surface area contributed by atoms with Gasteiger partial charge in [-0.25, -0.2) is 0 Å². The lowest BCUT2D eigenvalue weighted by Gasteiger charge is -2.20. The number of carbonyl (C=O) groups is 1. The molecule has 0 saturated carbocycles. The second-order valence-corrected chi connectivity index (χ2v) is 5.55. The molecule has 104 valence electrons. The fourth-order valence-electron chi connectivity index (χ4n) is 2.08. The maximum atomic E-state index is 12.8. The predicted molar refractivity (Wildman–Crippen MR) is 73.5 cm³/mol. The highest BCUT2D eigenvalue weighted by Gasteiger charge is 2.36. The quantitative estimate of drug-likeness (QED) is 0.803. The van der Waals surface area contributed by atoms with E-state index in [9.17, 15) is 18.0 Å². The van der Waals surface area contributed by atoms with Crippen molar-refractivity contribution in [2.45, 2.75) is 12.6 Å². The molecule has 19 heavy (non-hydrogen) atoms. The molecule has 7 heteroatoms. The third kappa shape index (κ3) is 2.91. The number of amides is 1. The molecule has 2 nitrogen and oxygen atoms in total. The minimum Gasteiger partial charge on any atom is -0.311 e. The van der Waals surface area contributed by atoms with E-state index in [1.54, 1.807) is 0 Å². The molecule has 1 saturated heterocycles. The maximum absolute atomic E-state index is 12.8. The van der Waals surface area contributed by atoms with Crippen LogP contribution in [0.4, 0.5) is 18.9 Å². The SMILES string of the molecule is O=C1CC(CS)CN1c1cccc(C(F)(F)F)c1Br. The van der Waals surface area contributed by atoms with Crippen molar-refractivity contribution in [2.24, 2.45) is 5.92 Å². The lowest BCUT2D eigenvalue weighted by molar-refractivity contribution is -0.138. The molecule has 0 spiro atoms. The first kappa shape index (κ1) is 14.7. The summed E-state index contributed by atoms with van der Waals surface area (Å²) in [7, 11) is 0. The Labute approximate surface area is 122 Å². The van der Waals surface area contributed by atoms with Gasteiger partial charge < -0.3 is 4.90 Å². The average Bonchev–Trinajstić information content (AvgIpc) is 2.69. The fraction of sp³-hybridized carbons (Fsp3) is 0.417. The van der Waals surface area contributed by atoms with Crippen molar-refractivity contribution in [1.82, 2.24) is 0 Å². The van der Waals surface area contributed by atoms with Crippen molar-refractivity contribution >= 4 is 40.2 Å². The number of rotatable bonds is 2. The zero-order valence-corrected chi connectivity index (χ0v) is 12.2. The summed E-state index contributed by atoms with van der Waals surface area (Å²) < 4.78 is 38.3. The fourth-order valence-corrected chi connectivity index (χ4v) is 3.03. The summed E-state index contributed by atoms with van der Waals surface area (Å²) in [6, 6.07) is 3.81. The number of thiol groups is 1. The van der Waals surface area contributed by atoms with Crippen LogP contribution in [0.2, 0.25) is 0 Å². The number of nitrogens with zero attached hydrogens (tertiary/aromatic N) is 1. The van der Waals surface area contributed by atoms with Crippen LogP contribution < -0.4 is 4.90 Å². The van der Waals surface area contributed by atoms with Crippen molar-refractivity contribution in [3.8, 4) is 0 Å². The topological polar surface area (TPSA) is 20.3 Å². The molecule has 1 amide bonds. The summed E-state index contributed by atoms with van der Waals surface area (Å²) in [4.78, 5) is 13.2. The molecule has 1 aromatic rings. The van der Waals surface area contributed by atoms with E-state index < -0.39 is 11.7 Å². The summed E-state index contributed by atoms with van der Waals surface area (Å²) >= 11 is 7.09. The second-order valence-electron chi connectivity index (χ2n) is 4.39. The highest BCUT2D eigenvalue weighted by atomic mass is 79.9. The number of anilines is 1. The number of hydrogen-bond donors (Lipinski definition) is 1. The van der Waals surface area contributed by atoms with Gasteiger partial charge in [0.25, 0.3) is 0 Å². The van der Waals surface area contributed by atoms with Gasteiger partial charge in [0.1, 0.15) is 0 Å². The van der Waals surface area contributed by atoms with Crippen molar-refractivity contribution in [1.29, 1.82) is 0 Å². The van der Waals surface area contributed by atoms with Gasteiger partial charge in [0, 0.05) is 13.0 Å². The van der Waals surface area contributed by atoms with Crippen molar-refractivity contribution < 1.29 is 18.0 Å². The highest BCUT2D eigenvalue weighted by Crippen LogP contribution is 2.41. The maximum Gasteiger partial charge on any atom is 0.417 e. The third-order valence-electron chi connectivity index (χ3n) is 3.04. The summed E-state index contributed by atoms with van der Waals surface area (Å²) in [6.07, 6.45) is -4.12. The number of carbonyl (C=O) groups excluding carboxylic acids is 1. The van der Waals surface area contributed by atoms with Crippen molar-refractivity contribution in [3.63, 3.8) is 0 Å². The van der Waals surface area contributed by atoms with Crippen LogP contribution in [0.5, 0.6) is 0 Å². The van der Waals surface area contributed by atoms with Crippen LogP contribution in [-0.4, -0.2) is 18.2 Å². The zero-order valence-electron chi connectivity index (χ0n) is 9.75. The standard InChI is InChI=1S/C12H11BrF3NOS/c13-11-8(12(14,15)16)2-1-3-9(11)17-5-7(6-19)4-10(17)18/h1-3,7,19H,4-6H2. The molecule has 1 fully saturated rings. The molecule has 0 radical (unpaired) electrons. The summed E-state index contributed by atoms with van der Waals surface area (Å²) in [6.45, 7) is 0.405. The van der Waals surface area contributed by atoms with Gasteiger partial charge >= 0.3 is 6.18 Å². The average molecular weight is 354 g/mol. The Hall–Kier alpha value is -0.690. The minimum absolute atomic E-state index is 0.0808. The minimum atomic E-state index is -4.44. The molecule has 1 atom stereocenters. The lowest BCUT2D eigenvalue weighted by atomic mass is 10.1. The van der Waals surface area contributed by atoms with E-state index in [0.29, 0.717) is 18.7 Å². The molecule has 0 aliphatic carbocycles. The van der Waals surface area contributed by atoms with Crippen LogP contribution in [0.15, 0.2) is 22.7 Å². The first-order valence-electron chi connectivity index (χ1n) is 5.61. The number of benzene rings is 1. The number of halogens is 4. The van der Waals surface area contributed by atoms with Crippen LogP contribution in [0, 0.1) is 5.92 Å². The Balaban J connectivity index is 2.39. The van der Waals surface area contributed by atoms with E-state index in [1.807, 2.05) is 0 Å². The Morgan fingerprint density at radius 2 is 2.11 bits per heavy atom. The summed E-state index contributed by atoms with van der Waals surface area (Å²) in [5, 5.41) is 0. The molecular formula is C12H11BrF3NOS. The number of hydrogen-bond acceptors (Lipinski definition) is 2. The molecule has 1 aliphatic heterocycles. The normalized spacial score (nSPS) is 20.2. The molecule has 0 aromatic heterocycles. The Morgan fingerprint density at radius 1 is 1.42 bits per heavy atom. The molecule has 1 heterocycles. The molecule has 2 rings (SSSR count). The molecule has 1 unspecified atom stereocenters. The van der Waals surface area contributed by atoms with Gasteiger partial charge in [-0.3, -0.25) is 4.79 Å². The van der Waals surface area contributed by atoms with Crippen LogP contribution >= 0.6 is 28.6 Å². The smallest absolute Gasteiger partial charge is 0.311 e. The predicted octanol–water partition coefficient (Wildman–Crippen LogP) is 3.75. The summed E-state index contributed by atoms with van der Waals surface area (Å²) in [5.74, 6) is 0.454. The largest absolute Gasteiger partial charge is 0.417 e. The summed E-state index contributed by atoms with van der Waals surface area (Å²) in [5.41, 5.74) is -0.503. The molecule has 0 N–H and O–H groups in total. The van der Waals surface area contributed by atoms with Gasteiger partial charge in [0.05, 0.1) is 15.7 Å². The van der Waals surface area contributed by atoms with Gasteiger partial charge in [0.2, 0.25) is 5.91 Å². The Kier molecular flexibility index (Phi) is 4.15. The van der Waals surface area contributed by atoms with E-state index in [0.717, 1.165) is 6.07 Å². The third-order valence-corrected chi connectivity index (χ3v) is 4.39. The molecule has 0 bridgehead atoms. The van der Waals surface area contributed by atoms with E-state index in [-0.39, 0.29) is 22.0 Å². The lowest BCUT2D eigenvalue weighted by Crippen LogP contribution is -2.25. The highest BCUT2D eigenvalue weighted by molar-refractivity contribution is 9.10. The zero-order chi connectivity index (χ0) is 14.2. The monoisotopic (exact) mass is 353 g/mol. The second kappa shape index (κ2) is 5.36. The van der Waals surface area contributed by atoms with Gasteiger partial charge in [-0.15, -0.1) is 0 Å². The van der Waals surface area contributed by atoms with Crippen LogP contribution in [0.3, 0.4) is 0 Å². The van der Waals surface area contributed by atoms with Crippen molar-refractivity contribution in [2.75, 3.05) is 17.2 Å². The van der Waals surface area contributed by atoms with Crippen molar-refractivity contribution in [3.05, 3.63) is 28.2 Å². The van der Waals surface area contributed by atoms with E-state index in [2.05, 4.69) is 28.6 Å². The first-order valence-corrected chi connectivity index (χ1v) is 7.04. The molecule has 1 aliphatic rings. The van der Waals surface area contributed by atoms with E-state index >= 15 is 0 Å². The Bertz CT molecular complexity index is 506. The number of alkyl halides is 3. The van der Waals surface area contributed by atoms with Gasteiger partial charge in [-0.2, -0.15) is 25.8 Å². The van der Waals surface area contributed by atoms with Gasteiger partial charge in [0.15, 0.2) is 0 Å². The molecule has 1 aromatic carbocycles. The van der Waals surface area contributed by atoms with Crippen LogP contribution in [0.1, 0.15) is 12.0 Å².